The van der Waals surface area contributed by atoms with Crippen molar-refractivity contribution in [2.45, 2.75) is 40.0 Å². The Balaban J connectivity index is 3.24. The van der Waals surface area contributed by atoms with Crippen molar-refractivity contribution < 1.29 is 9.53 Å². The minimum absolute atomic E-state index is 0.0493. The van der Waals surface area contributed by atoms with Gasteiger partial charge in [-0.05, 0) is 36.6 Å². The van der Waals surface area contributed by atoms with E-state index in [1.165, 1.54) is 0 Å². The van der Waals surface area contributed by atoms with E-state index in [0.29, 0.717) is 6.54 Å². The molecule has 0 saturated carbocycles. The third-order valence-electron chi connectivity index (χ3n) is 3.19. The summed E-state index contributed by atoms with van der Waals surface area (Å²) in [6, 6.07) is 3.94. The molecule has 0 amide bonds. The Labute approximate surface area is 116 Å². The Morgan fingerprint density at radius 1 is 1.32 bits per heavy atom. The summed E-state index contributed by atoms with van der Waals surface area (Å²) < 4.78 is 5.44. The fourth-order valence-corrected chi connectivity index (χ4v) is 2.07. The molecule has 1 N–H and O–H groups in total. The molecule has 0 aromatic heterocycles. The van der Waals surface area contributed by atoms with Gasteiger partial charge in [0, 0.05) is 11.1 Å². The first-order valence-corrected chi connectivity index (χ1v) is 6.74. The molecule has 1 rings (SSSR count). The summed E-state index contributed by atoms with van der Waals surface area (Å²) in [7, 11) is 1.67. The highest BCUT2D eigenvalue weighted by molar-refractivity contribution is 5.99. The van der Waals surface area contributed by atoms with E-state index in [4.69, 9.17) is 4.74 Å². The van der Waals surface area contributed by atoms with Gasteiger partial charge < -0.3 is 10.1 Å². The van der Waals surface area contributed by atoms with Gasteiger partial charge in [0.1, 0.15) is 5.75 Å². The smallest absolute Gasteiger partial charge is 0.176 e. The SMILES string of the molecule is CCNCC(=O)c1cc(C(C)(C)C)c(OC)cc1C. The van der Waals surface area contributed by atoms with Gasteiger partial charge in [0.05, 0.1) is 13.7 Å². The second-order valence-corrected chi connectivity index (χ2v) is 5.82. The molecule has 106 valence electrons. The second-order valence-electron chi connectivity index (χ2n) is 5.82. The monoisotopic (exact) mass is 263 g/mol. The Morgan fingerprint density at radius 3 is 2.42 bits per heavy atom. The van der Waals surface area contributed by atoms with Gasteiger partial charge in [-0.25, -0.2) is 0 Å². The van der Waals surface area contributed by atoms with E-state index in [1.54, 1.807) is 7.11 Å². The molecule has 0 aliphatic heterocycles. The third kappa shape index (κ3) is 3.80. The van der Waals surface area contributed by atoms with Crippen molar-refractivity contribution in [2.24, 2.45) is 0 Å². The van der Waals surface area contributed by atoms with Gasteiger partial charge >= 0.3 is 0 Å². The predicted molar refractivity (Wildman–Crippen MR) is 79.3 cm³/mol. The van der Waals surface area contributed by atoms with Crippen LogP contribution >= 0.6 is 0 Å². The van der Waals surface area contributed by atoms with Crippen molar-refractivity contribution in [2.75, 3.05) is 20.2 Å². The maximum atomic E-state index is 12.2. The number of benzene rings is 1. The van der Waals surface area contributed by atoms with Crippen molar-refractivity contribution in [3.8, 4) is 5.75 Å². The number of ketones is 1. The van der Waals surface area contributed by atoms with Crippen molar-refractivity contribution in [3.05, 3.63) is 28.8 Å². The minimum atomic E-state index is -0.0493. The second kappa shape index (κ2) is 6.20. The summed E-state index contributed by atoms with van der Waals surface area (Å²) in [4.78, 5) is 12.2. The molecule has 0 saturated heterocycles. The molecule has 1 aromatic rings. The van der Waals surface area contributed by atoms with Crippen LogP contribution in [0.3, 0.4) is 0 Å². The molecule has 3 nitrogen and oxygen atoms in total. The van der Waals surface area contributed by atoms with Gasteiger partial charge in [-0.1, -0.05) is 27.7 Å². The third-order valence-corrected chi connectivity index (χ3v) is 3.19. The molecule has 19 heavy (non-hydrogen) atoms. The van der Waals surface area contributed by atoms with Crippen LogP contribution in [0.15, 0.2) is 12.1 Å². The minimum Gasteiger partial charge on any atom is -0.496 e. The lowest BCUT2D eigenvalue weighted by Gasteiger charge is -2.23. The number of aryl methyl sites for hydroxylation is 1. The topological polar surface area (TPSA) is 38.3 Å². The number of rotatable bonds is 5. The van der Waals surface area contributed by atoms with E-state index in [1.807, 2.05) is 26.0 Å². The van der Waals surface area contributed by atoms with Gasteiger partial charge in [-0.3, -0.25) is 4.79 Å². The Hall–Kier alpha value is -1.35. The summed E-state index contributed by atoms with van der Waals surface area (Å²) in [5, 5.41) is 3.08. The maximum Gasteiger partial charge on any atom is 0.176 e. The molecular formula is C16H25NO2. The normalized spacial score (nSPS) is 11.5. The number of hydrogen-bond acceptors (Lipinski definition) is 3. The Morgan fingerprint density at radius 2 is 1.95 bits per heavy atom. The summed E-state index contributed by atoms with van der Waals surface area (Å²) >= 11 is 0. The maximum absolute atomic E-state index is 12.2. The molecule has 3 heteroatoms. The Bertz CT molecular complexity index is 459. The average Bonchev–Trinajstić information content (AvgIpc) is 2.33. The zero-order valence-corrected chi connectivity index (χ0v) is 12.9. The number of hydrogen-bond donors (Lipinski definition) is 1. The Kier molecular flexibility index (Phi) is 5.12. The fourth-order valence-electron chi connectivity index (χ4n) is 2.07. The van der Waals surface area contributed by atoms with Crippen LogP contribution in [0.2, 0.25) is 0 Å². The first kappa shape index (κ1) is 15.7. The number of carbonyl (C=O) groups excluding carboxylic acids is 1. The van der Waals surface area contributed by atoms with Gasteiger partial charge in [0.2, 0.25) is 0 Å². The van der Waals surface area contributed by atoms with E-state index >= 15 is 0 Å². The number of likely N-dealkylation sites (N-methyl/N-ethyl adjacent to an activating group) is 1. The van der Waals surface area contributed by atoms with E-state index in [0.717, 1.165) is 29.0 Å². The summed E-state index contributed by atoms with van der Waals surface area (Å²) in [6.45, 7) is 11.5. The molecule has 0 fully saturated rings. The first-order chi connectivity index (χ1) is 8.81. The lowest BCUT2D eigenvalue weighted by molar-refractivity contribution is 0.0991. The standard InChI is InChI=1S/C16H25NO2/c1-7-17-10-14(18)12-9-13(16(3,4)5)15(19-6)8-11(12)2/h8-9,17H,7,10H2,1-6H3. The predicted octanol–water partition coefficient (Wildman–Crippen LogP) is 3.09. The van der Waals surface area contributed by atoms with Crippen molar-refractivity contribution in [3.63, 3.8) is 0 Å². The molecule has 0 atom stereocenters. The van der Waals surface area contributed by atoms with E-state index < -0.39 is 0 Å². The molecule has 0 bridgehead atoms. The van der Waals surface area contributed by atoms with E-state index in [2.05, 4.69) is 26.1 Å². The number of methoxy groups -OCH3 is 1. The zero-order valence-electron chi connectivity index (χ0n) is 12.9. The van der Waals surface area contributed by atoms with Gasteiger partial charge in [-0.15, -0.1) is 0 Å². The average molecular weight is 263 g/mol. The van der Waals surface area contributed by atoms with Crippen LogP contribution in [0.5, 0.6) is 5.75 Å². The van der Waals surface area contributed by atoms with Crippen molar-refractivity contribution >= 4 is 5.78 Å². The van der Waals surface area contributed by atoms with Crippen molar-refractivity contribution in [1.29, 1.82) is 0 Å². The molecule has 0 heterocycles. The van der Waals surface area contributed by atoms with Gasteiger partial charge in [0.15, 0.2) is 5.78 Å². The lowest BCUT2D eigenvalue weighted by atomic mass is 9.84. The number of Topliss-reactive ketones (excluding diaryl/α,β-unsaturated/α-hetero) is 1. The fraction of sp³-hybridized carbons (Fsp3) is 0.562. The van der Waals surface area contributed by atoms with Gasteiger partial charge in [-0.2, -0.15) is 0 Å². The van der Waals surface area contributed by atoms with Crippen LogP contribution in [0.4, 0.5) is 0 Å². The first-order valence-electron chi connectivity index (χ1n) is 6.74. The highest BCUT2D eigenvalue weighted by Crippen LogP contribution is 2.33. The van der Waals surface area contributed by atoms with E-state index in [9.17, 15) is 4.79 Å². The quantitative estimate of drug-likeness (QED) is 0.830. The van der Waals surface area contributed by atoms with Crippen LogP contribution in [0, 0.1) is 6.92 Å². The molecular weight excluding hydrogens is 238 g/mol. The summed E-state index contributed by atoms with van der Waals surface area (Å²) in [6.07, 6.45) is 0. The molecule has 0 aliphatic rings. The van der Waals surface area contributed by atoms with Crippen molar-refractivity contribution in [1.82, 2.24) is 5.32 Å². The summed E-state index contributed by atoms with van der Waals surface area (Å²) in [5.41, 5.74) is 2.77. The molecule has 1 aromatic carbocycles. The van der Waals surface area contributed by atoms with Crippen LogP contribution in [0.1, 0.15) is 49.2 Å². The van der Waals surface area contributed by atoms with Crippen LogP contribution in [-0.4, -0.2) is 26.0 Å². The highest BCUT2D eigenvalue weighted by atomic mass is 16.5. The van der Waals surface area contributed by atoms with Crippen LogP contribution in [-0.2, 0) is 5.41 Å². The highest BCUT2D eigenvalue weighted by Gasteiger charge is 2.22. The molecule has 0 spiro atoms. The molecule has 0 radical (unpaired) electrons. The lowest BCUT2D eigenvalue weighted by Crippen LogP contribution is -2.24. The molecule has 0 unspecified atom stereocenters. The number of carbonyl (C=O) groups is 1. The number of nitrogens with one attached hydrogen (secondary N) is 1. The zero-order chi connectivity index (χ0) is 14.6. The summed E-state index contributed by atoms with van der Waals surface area (Å²) in [5.74, 6) is 0.984. The largest absolute Gasteiger partial charge is 0.496 e. The number of ether oxygens (including phenoxy) is 1. The van der Waals surface area contributed by atoms with E-state index in [-0.39, 0.29) is 11.2 Å². The molecule has 0 aliphatic carbocycles. The van der Waals surface area contributed by atoms with Gasteiger partial charge in [0.25, 0.3) is 0 Å². The van der Waals surface area contributed by atoms with Crippen LogP contribution < -0.4 is 10.1 Å². The van der Waals surface area contributed by atoms with Crippen LogP contribution in [0.25, 0.3) is 0 Å².